The van der Waals surface area contributed by atoms with Gasteiger partial charge in [-0.3, -0.25) is 9.69 Å². The zero-order chi connectivity index (χ0) is 13.9. The molecule has 2 saturated heterocycles. The van der Waals surface area contributed by atoms with Crippen LogP contribution < -0.4 is 0 Å². The molecule has 0 saturated carbocycles. The van der Waals surface area contributed by atoms with Crippen LogP contribution in [-0.4, -0.2) is 60.5 Å². The zero-order valence-electron chi connectivity index (χ0n) is 11.9. The molecule has 3 unspecified atom stereocenters. The second-order valence-corrected chi connectivity index (χ2v) is 5.81. The highest BCUT2D eigenvalue weighted by Crippen LogP contribution is 2.34. The van der Waals surface area contributed by atoms with Gasteiger partial charge in [-0.2, -0.15) is 0 Å². The van der Waals surface area contributed by atoms with Crippen LogP contribution in [-0.2, 0) is 14.3 Å². The van der Waals surface area contributed by atoms with E-state index >= 15 is 0 Å². The molecule has 2 heterocycles. The van der Waals surface area contributed by atoms with Crippen molar-refractivity contribution in [3.8, 4) is 0 Å². The van der Waals surface area contributed by atoms with E-state index in [9.17, 15) is 4.79 Å². The molecule has 1 N–H and O–H groups in total. The summed E-state index contributed by atoms with van der Waals surface area (Å²) in [6, 6.07) is 0.419. The maximum absolute atomic E-state index is 11.0. The van der Waals surface area contributed by atoms with Gasteiger partial charge in [-0.05, 0) is 19.4 Å². The molecule has 0 bridgehead atoms. The van der Waals surface area contributed by atoms with E-state index < -0.39 is 5.97 Å². The number of carboxylic acids is 1. The number of ether oxygens (including phenoxy) is 2. The zero-order valence-corrected chi connectivity index (χ0v) is 11.9. The molecule has 19 heavy (non-hydrogen) atoms. The lowest BCUT2D eigenvalue weighted by Crippen LogP contribution is -2.50. The van der Waals surface area contributed by atoms with Crippen LogP contribution in [0.5, 0.6) is 0 Å². The normalized spacial score (nSPS) is 32.9. The Bertz CT molecular complexity index is 315. The standard InChI is InChI=1S/C14H25NO4/c1-3-15(9-11(2)13(16)17)12-4-6-19-14(8-12)5-7-18-10-14/h11-12H,3-10H2,1-2H3,(H,16,17). The molecule has 5 nitrogen and oxygen atoms in total. The maximum atomic E-state index is 11.0. The van der Waals surface area contributed by atoms with Gasteiger partial charge in [0.2, 0.25) is 0 Å². The first kappa shape index (κ1) is 14.8. The van der Waals surface area contributed by atoms with Crippen LogP contribution in [0.15, 0.2) is 0 Å². The van der Waals surface area contributed by atoms with Crippen LogP contribution in [0, 0.1) is 5.92 Å². The number of carbonyl (C=O) groups is 1. The van der Waals surface area contributed by atoms with Gasteiger partial charge in [0.25, 0.3) is 0 Å². The summed E-state index contributed by atoms with van der Waals surface area (Å²) in [4.78, 5) is 13.3. The summed E-state index contributed by atoms with van der Waals surface area (Å²) < 4.78 is 11.4. The van der Waals surface area contributed by atoms with E-state index in [1.165, 1.54) is 0 Å². The third kappa shape index (κ3) is 3.46. The van der Waals surface area contributed by atoms with E-state index in [0.717, 1.165) is 39.0 Å². The molecule has 2 aliphatic rings. The Morgan fingerprint density at radius 1 is 1.53 bits per heavy atom. The first-order valence-electron chi connectivity index (χ1n) is 7.25. The fourth-order valence-corrected chi connectivity index (χ4v) is 3.14. The fraction of sp³-hybridized carbons (Fsp3) is 0.929. The molecule has 0 aromatic rings. The van der Waals surface area contributed by atoms with Crippen molar-refractivity contribution in [3.05, 3.63) is 0 Å². The second-order valence-electron chi connectivity index (χ2n) is 5.81. The number of nitrogens with zero attached hydrogens (tertiary/aromatic N) is 1. The van der Waals surface area contributed by atoms with Gasteiger partial charge < -0.3 is 14.6 Å². The van der Waals surface area contributed by atoms with Crippen molar-refractivity contribution >= 4 is 5.97 Å². The quantitative estimate of drug-likeness (QED) is 0.818. The van der Waals surface area contributed by atoms with Gasteiger partial charge in [-0.15, -0.1) is 0 Å². The van der Waals surface area contributed by atoms with Crippen LogP contribution in [0.3, 0.4) is 0 Å². The van der Waals surface area contributed by atoms with Crippen LogP contribution in [0.25, 0.3) is 0 Å². The topological polar surface area (TPSA) is 59.0 Å². The van der Waals surface area contributed by atoms with Crippen LogP contribution >= 0.6 is 0 Å². The molecule has 0 aromatic carbocycles. The summed E-state index contributed by atoms with van der Waals surface area (Å²) in [5.74, 6) is -1.04. The number of hydrogen-bond donors (Lipinski definition) is 1. The van der Waals surface area contributed by atoms with Crippen molar-refractivity contribution in [3.63, 3.8) is 0 Å². The Balaban J connectivity index is 1.96. The number of hydrogen-bond acceptors (Lipinski definition) is 4. The summed E-state index contributed by atoms with van der Waals surface area (Å²) in [5.41, 5.74) is -0.108. The van der Waals surface area contributed by atoms with Crippen molar-refractivity contribution in [2.24, 2.45) is 5.92 Å². The molecule has 0 radical (unpaired) electrons. The predicted molar refractivity (Wildman–Crippen MR) is 71.2 cm³/mol. The van der Waals surface area contributed by atoms with E-state index in [0.29, 0.717) is 19.2 Å². The highest BCUT2D eigenvalue weighted by atomic mass is 16.6. The summed E-state index contributed by atoms with van der Waals surface area (Å²) >= 11 is 0. The van der Waals surface area contributed by atoms with E-state index in [2.05, 4.69) is 11.8 Å². The van der Waals surface area contributed by atoms with Gasteiger partial charge in [-0.1, -0.05) is 13.8 Å². The van der Waals surface area contributed by atoms with Crippen molar-refractivity contribution in [1.29, 1.82) is 0 Å². The lowest BCUT2D eigenvalue weighted by molar-refractivity contribution is -0.142. The van der Waals surface area contributed by atoms with Crippen molar-refractivity contribution in [2.75, 3.05) is 32.9 Å². The first-order valence-corrected chi connectivity index (χ1v) is 7.25. The fourth-order valence-electron chi connectivity index (χ4n) is 3.14. The van der Waals surface area contributed by atoms with E-state index in [-0.39, 0.29) is 11.5 Å². The molecule has 110 valence electrons. The molecule has 3 atom stereocenters. The number of aliphatic carboxylic acids is 1. The lowest BCUT2D eigenvalue weighted by atomic mass is 9.88. The summed E-state index contributed by atoms with van der Waals surface area (Å²) in [5, 5.41) is 9.06. The first-order chi connectivity index (χ1) is 9.06. The molecule has 0 amide bonds. The minimum absolute atomic E-state index is 0.108. The average Bonchev–Trinajstić information content (AvgIpc) is 2.83. The maximum Gasteiger partial charge on any atom is 0.307 e. The minimum Gasteiger partial charge on any atom is -0.481 e. The monoisotopic (exact) mass is 271 g/mol. The van der Waals surface area contributed by atoms with Gasteiger partial charge >= 0.3 is 5.97 Å². The Kier molecular flexibility index (Phi) is 4.81. The SMILES string of the molecule is CCN(CC(C)C(=O)O)C1CCOC2(CCOC2)C1. The molecular formula is C14H25NO4. The van der Waals surface area contributed by atoms with E-state index in [4.69, 9.17) is 14.6 Å². The second kappa shape index (κ2) is 6.20. The van der Waals surface area contributed by atoms with Gasteiger partial charge in [0.15, 0.2) is 0 Å². The summed E-state index contributed by atoms with van der Waals surface area (Å²) in [6.07, 6.45) is 2.92. The number of carboxylic acid groups (broad SMARTS) is 1. The largest absolute Gasteiger partial charge is 0.481 e. The molecule has 1 spiro atoms. The van der Waals surface area contributed by atoms with Crippen molar-refractivity contribution in [1.82, 2.24) is 4.90 Å². The van der Waals surface area contributed by atoms with Crippen LogP contribution in [0.1, 0.15) is 33.1 Å². The highest BCUT2D eigenvalue weighted by Gasteiger charge is 2.42. The molecule has 2 rings (SSSR count). The third-order valence-corrected chi connectivity index (χ3v) is 4.39. The molecule has 2 aliphatic heterocycles. The Morgan fingerprint density at radius 2 is 2.32 bits per heavy atom. The highest BCUT2D eigenvalue weighted by molar-refractivity contribution is 5.69. The van der Waals surface area contributed by atoms with Gasteiger partial charge in [0.1, 0.15) is 0 Å². The molecule has 5 heteroatoms. The molecular weight excluding hydrogens is 246 g/mol. The van der Waals surface area contributed by atoms with Crippen molar-refractivity contribution in [2.45, 2.75) is 44.8 Å². The smallest absolute Gasteiger partial charge is 0.307 e. The van der Waals surface area contributed by atoms with Crippen molar-refractivity contribution < 1.29 is 19.4 Å². The number of rotatable bonds is 5. The Morgan fingerprint density at radius 3 is 2.89 bits per heavy atom. The van der Waals surface area contributed by atoms with E-state index in [1.54, 1.807) is 6.92 Å². The van der Waals surface area contributed by atoms with Crippen LogP contribution in [0.2, 0.25) is 0 Å². The van der Waals surface area contributed by atoms with Gasteiger partial charge in [0, 0.05) is 32.2 Å². The molecule has 0 aliphatic carbocycles. The predicted octanol–water partition coefficient (Wildman–Crippen LogP) is 1.37. The van der Waals surface area contributed by atoms with Gasteiger partial charge in [0.05, 0.1) is 18.1 Å². The van der Waals surface area contributed by atoms with Gasteiger partial charge in [-0.25, -0.2) is 0 Å². The van der Waals surface area contributed by atoms with Crippen LogP contribution in [0.4, 0.5) is 0 Å². The van der Waals surface area contributed by atoms with E-state index in [1.807, 2.05) is 0 Å². The minimum atomic E-state index is -0.718. The molecule has 0 aromatic heterocycles. The Hall–Kier alpha value is -0.650. The Labute approximate surface area is 114 Å². The lowest BCUT2D eigenvalue weighted by Gasteiger charge is -2.42. The molecule has 2 fully saturated rings. The summed E-state index contributed by atoms with van der Waals surface area (Å²) in [7, 11) is 0. The average molecular weight is 271 g/mol. The summed E-state index contributed by atoms with van der Waals surface area (Å²) in [6.45, 7) is 7.61. The third-order valence-electron chi connectivity index (χ3n) is 4.39.